The van der Waals surface area contributed by atoms with Crippen LogP contribution in [0.1, 0.15) is 25.3 Å². The Morgan fingerprint density at radius 2 is 2.14 bits per heavy atom. The minimum atomic E-state index is -0.265. The fourth-order valence-corrected chi connectivity index (χ4v) is 2.86. The van der Waals surface area contributed by atoms with Crippen LogP contribution in [0.5, 0.6) is 0 Å². The summed E-state index contributed by atoms with van der Waals surface area (Å²) < 4.78 is 11.0. The standard InChI is InChI=1S/C16H22ClNO3/c1-2-20-16(19)18-11-15(10-14(18)8-9-17)21-12-13-6-4-3-5-7-13/h3-7,14-15H,2,8-12H2,1H3. The number of nitrogens with zero attached hydrogens (tertiary/aromatic N) is 1. The number of carbonyl (C=O) groups is 1. The Hall–Kier alpha value is -1.26. The number of ether oxygens (including phenoxy) is 2. The van der Waals surface area contributed by atoms with Gasteiger partial charge in [0.1, 0.15) is 0 Å². The van der Waals surface area contributed by atoms with E-state index in [1.54, 1.807) is 4.90 Å². The van der Waals surface area contributed by atoms with Crippen molar-refractivity contribution in [2.24, 2.45) is 0 Å². The minimum absolute atomic E-state index is 0.0443. The molecule has 1 amide bonds. The molecule has 116 valence electrons. The Morgan fingerprint density at radius 3 is 2.81 bits per heavy atom. The van der Waals surface area contributed by atoms with Gasteiger partial charge in [-0.2, -0.15) is 0 Å². The molecule has 0 aliphatic carbocycles. The molecule has 1 heterocycles. The second kappa shape index (κ2) is 8.25. The van der Waals surface area contributed by atoms with Gasteiger partial charge in [-0.15, -0.1) is 11.6 Å². The predicted molar refractivity (Wildman–Crippen MR) is 82.5 cm³/mol. The summed E-state index contributed by atoms with van der Waals surface area (Å²) in [5.41, 5.74) is 1.14. The molecule has 4 nitrogen and oxygen atoms in total. The van der Waals surface area contributed by atoms with Gasteiger partial charge < -0.3 is 14.4 Å². The minimum Gasteiger partial charge on any atom is -0.450 e. The third-order valence-electron chi connectivity index (χ3n) is 3.65. The van der Waals surface area contributed by atoms with Gasteiger partial charge >= 0.3 is 6.09 Å². The van der Waals surface area contributed by atoms with Crippen LogP contribution < -0.4 is 0 Å². The molecule has 0 N–H and O–H groups in total. The van der Waals surface area contributed by atoms with Crippen molar-refractivity contribution in [1.29, 1.82) is 0 Å². The fraction of sp³-hybridized carbons (Fsp3) is 0.562. The third kappa shape index (κ3) is 4.61. The smallest absolute Gasteiger partial charge is 0.410 e. The molecule has 0 spiro atoms. The van der Waals surface area contributed by atoms with E-state index in [0.29, 0.717) is 25.6 Å². The van der Waals surface area contributed by atoms with E-state index in [-0.39, 0.29) is 18.2 Å². The number of likely N-dealkylation sites (tertiary alicyclic amines) is 1. The van der Waals surface area contributed by atoms with Gasteiger partial charge in [0, 0.05) is 11.9 Å². The van der Waals surface area contributed by atoms with Crippen molar-refractivity contribution in [3.63, 3.8) is 0 Å². The fourth-order valence-electron chi connectivity index (χ4n) is 2.61. The first-order valence-corrected chi connectivity index (χ1v) is 7.93. The summed E-state index contributed by atoms with van der Waals surface area (Å²) >= 11 is 5.83. The number of benzene rings is 1. The highest BCUT2D eigenvalue weighted by Crippen LogP contribution is 2.25. The van der Waals surface area contributed by atoms with Gasteiger partial charge in [0.25, 0.3) is 0 Å². The molecule has 0 saturated carbocycles. The SMILES string of the molecule is CCOC(=O)N1CC(OCc2ccccc2)CC1CCCl. The van der Waals surface area contributed by atoms with Crippen LogP contribution in [0.4, 0.5) is 4.79 Å². The Balaban J connectivity index is 1.89. The van der Waals surface area contributed by atoms with E-state index in [4.69, 9.17) is 21.1 Å². The molecular weight excluding hydrogens is 290 g/mol. The molecule has 1 fully saturated rings. The van der Waals surface area contributed by atoms with E-state index in [2.05, 4.69) is 0 Å². The lowest BCUT2D eigenvalue weighted by molar-refractivity contribution is 0.0442. The van der Waals surface area contributed by atoms with Crippen LogP contribution in [-0.2, 0) is 16.1 Å². The Morgan fingerprint density at radius 1 is 1.38 bits per heavy atom. The molecule has 2 rings (SSSR count). The molecule has 0 radical (unpaired) electrons. The maximum absolute atomic E-state index is 12.0. The van der Waals surface area contributed by atoms with E-state index in [0.717, 1.165) is 18.4 Å². The second-order valence-corrected chi connectivity index (χ2v) is 5.52. The second-order valence-electron chi connectivity index (χ2n) is 5.14. The van der Waals surface area contributed by atoms with Gasteiger partial charge in [-0.05, 0) is 25.3 Å². The molecule has 5 heteroatoms. The molecule has 0 bridgehead atoms. The van der Waals surface area contributed by atoms with Crippen LogP contribution in [0.2, 0.25) is 0 Å². The number of rotatable bonds is 6. The van der Waals surface area contributed by atoms with Crippen molar-refractivity contribution in [3.05, 3.63) is 35.9 Å². The molecule has 1 aromatic rings. The molecule has 1 aliphatic heterocycles. The van der Waals surface area contributed by atoms with Crippen LogP contribution >= 0.6 is 11.6 Å². The molecule has 2 atom stereocenters. The highest BCUT2D eigenvalue weighted by Gasteiger charge is 2.36. The van der Waals surface area contributed by atoms with Crippen molar-refractivity contribution >= 4 is 17.7 Å². The van der Waals surface area contributed by atoms with Gasteiger partial charge in [-0.1, -0.05) is 30.3 Å². The molecule has 2 unspecified atom stereocenters. The van der Waals surface area contributed by atoms with Gasteiger partial charge in [-0.3, -0.25) is 0 Å². The molecular formula is C16H22ClNO3. The quantitative estimate of drug-likeness (QED) is 0.756. The largest absolute Gasteiger partial charge is 0.450 e. The normalized spacial score (nSPS) is 21.5. The first-order valence-electron chi connectivity index (χ1n) is 7.39. The first-order chi connectivity index (χ1) is 10.2. The van der Waals surface area contributed by atoms with Crippen LogP contribution in [0, 0.1) is 0 Å². The van der Waals surface area contributed by atoms with E-state index in [1.165, 1.54) is 0 Å². The Bertz CT molecular complexity index is 440. The van der Waals surface area contributed by atoms with E-state index in [1.807, 2.05) is 37.3 Å². The van der Waals surface area contributed by atoms with Crippen molar-refractivity contribution in [1.82, 2.24) is 4.90 Å². The Kier molecular flexibility index (Phi) is 6.33. The summed E-state index contributed by atoms with van der Waals surface area (Å²) in [4.78, 5) is 13.7. The van der Waals surface area contributed by atoms with Crippen LogP contribution in [0.3, 0.4) is 0 Å². The van der Waals surface area contributed by atoms with Crippen molar-refractivity contribution in [2.45, 2.75) is 38.5 Å². The van der Waals surface area contributed by atoms with Gasteiger partial charge in [-0.25, -0.2) is 4.79 Å². The lowest BCUT2D eigenvalue weighted by Gasteiger charge is -2.22. The molecule has 21 heavy (non-hydrogen) atoms. The van der Waals surface area contributed by atoms with Crippen molar-refractivity contribution < 1.29 is 14.3 Å². The van der Waals surface area contributed by atoms with E-state index >= 15 is 0 Å². The zero-order valence-electron chi connectivity index (χ0n) is 12.3. The predicted octanol–water partition coefficient (Wildman–Crippen LogP) is 3.43. The van der Waals surface area contributed by atoms with Gasteiger partial charge in [0.2, 0.25) is 0 Å². The summed E-state index contributed by atoms with van der Waals surface area (Å²) in [6.45, 7) is 3.34. The number of amides is 1. The summed E-state index contributed by atoms with van der Waals surface area (Å²) in [5, 5.41) is 0. The molecule has 1 aliphatic rings. The van der Waals surface area contributed by atoms with Crippen molar-refractivity contribution in [3.8, 4) is 0 Å². The Labute approximate surface area is 131 Å². The summed E-state index contributed by atoms with van der Waals surface area (Å²) in [5.74, 6) is 0.534. The number of halogens is 1. The van der Waals surface area contributed by atoms with Crippen molar-refractivity contribution in [2.75, 3.05) is 19.0 Å². The lowest BCUT2D eigenvalue weighted by Crippen LogP contribution is -2.36. The number of carbonyl (C=O) groups excluding carboxylic acids is 1. The maximum Gasteiger partial charge on any atom is 0.410 e. The lowest BCUT2D eigenvalue weighted by atomic mass is 10.1. The van der Waals surface area contributed by atoms with Gasteiger partial charge in [0.15, 0.2) is 0 Å². The zero-order valence-corrected chi connectivity index (χ0v) is 13.1. The topological polar surface area (TPSA) is 38.8 Å². The molecule has 1 aromatic carbocycles. The summed E-state index contributed by atoms with van der Waals surface area (Å²) in [6, 6.07) is 10.2. The highest BCUT2D eigenvalue weighted by atomic mass is 35.5. The van der Waals surface area contributed by atoms with Crippen LogP contribution in [0.15, 0.2) is 30.3 Å². The van der Waals surface area contributed by atoms with Crippen LogP contribution in [-0.4, -0.2) is 42.2 Å². The molecule has 0 aromatic heterocycles. The summed E-state index contributed by atoms with van der Waals surface area (Å²) in [6.07, 6.45) is 1.37. The highest BCUT2D eigenvalue weighted by molar-refractivity contribution is 6.17. The monoisotopic (exact) mass is 311 g/mol. The number of hydrogen-bond donors (Lipinski definition) is 0. The maximum atomic E-state index is 12.0. The van der Waals surface area contributed by atoms with E-state index in [9.17, 15) is 4.79 Å². The number of hydrogen-bond acceptors (Lipinski definition) is 3. The molecule has 1 saturated heterocycles. The average Bonchev–Trinajstić information content (AvgIpc) is 2.90. The van der Waals surface area contributed by atoms with E-state index < -0.39 is 0 Å². The first kappa shape index (κ1) is 16.1. The number of alkyl halides is 1. The summed E-state index contributed by atoms with van der Waals surface area (Å²) in [7, 11) is 0. The third-order valence-corrected chi connectivity index (χ3v) is 3.87. The average molecular weight is 312 g/mol. The zero-order chi connectivity index (χ0) is 15.1. The van der Waals surface area contributed by atoms with Crippen LogP contribution in [0.25, 0.3) is 0 Å². The van der Waals surface area contributed by atoms with Gasteiger partial charge in [0.05, 0.1) is 25.9 Å².